The summed E-state index contributed by atoms with van der Waals surface area (Å²) in [5.74, 6) is -1.95. The third-order valence-electron chi connectivity index (χ3n) is 7.70. The Morgan fingerprint density at radius 1 is 0.875 bits per heavy atom. The molecule has 4 rings (SSSR count). The van der Waals surface area contributed by atoms with Crippen LogP contribution in [0.15, 0.2) is 78.9 Å². The Kier molecular flexibility index (Phi) is 9.22. The van der Waals surface area contributed by atoms with Crippen LogP contribution in [-0.2, 0) is 25.7 Å². The van der Waals surface area contributed by atoms with Gasteiger partial charge >= 0.3 is 12.1 Å². The molecular weight excluding hydrogens is 508 g/mol. The van der Waals surface area contributed by atoms with E-state index in [1.807, 2.05) is 66.7 Å². The van der Waals surface area contributed by atoms with Crippen LogP contribution < -0.4 is 10.6 Å². The largest absolute Gasteiger partial charge is 0.480 e. The molecular formula is C32H36N2O6. The number of carboxylic acid groups (broad SMARTS) is 1. The van der Waals surface area contributed by atoms with E-state index >= 15 is 0 Å². The van der Waals surface area contributed by atoms with Gasteiger partial charge in [0.05, 0.1) is 12.7 Å². The molecule has 2 amide bonds. The standard InChI is InChI=1S/C32H36N2O6/c1-4-32(5-2,30(37)33-28(29(35)36)21(3)39-19-22-13-7-6-8-14-22)34-31(38)40-20-27-25-17-11-9-15-23(25)24-16-10-12-18-26(24)27/h6-18,21,27-28H,4-5,19-20H2,1-3H3,(H,33,37)(H,34,38)(H,35,36)/t21-,28+/m0/s1. The summed E-state index contributed by atoms with van der Waals surface area (Å²) < 4.78 is 11.4. The fraction of sp³-hybridized carbons (Fsp3) is 0.344. The molecule has 0 saturated carbocycles. The molecule has 3 N–H and O–H groups in total. The quantitative estimate of drug-likeness (QED) is 0.287. The van der Waals surface area contributed by atoms with Crippen LogP contribution in [0.4, 0.5) is 4.79 Å². The number of nitrogens with one attached hydrogen (secondary N) is 2. The SMILES string of the molecule is CCC(CC)(NC(=O)OCC1c2ccccc2-c2ccccc21)C(=O)N[C@@H](C(=O)O)[C@H](C)OCc1ccccc1. The lowest BCUT2D eigenvalue weighted by Gasteiger charge is -2.33. The van der Waals surface area contributed by atoms with E-state index in [1.54, 1.807) is 20.8 Å². The van der Waals surface area contributed by atoms with E-state index in [2.05, 4.69) is 22.8 Å². The number of amides is 2. The van der Waals surface area contributed by atoms with Crippen molar-refractivity contribution in [2.75, 3.05) is 6.61 Å². The van der Waals surface area contributed by atoms with Crippen LogP contribution in [0.2, 0.25) is 0 Å². The van der Waals surface area contributed by atoms with Gasteiger partial charge in [-0.15, -0.1) is 0 Å². The maximum atomic E-state index is 13.4. The summed E-state index contributed by atoms with van der Waals surface area (Å²) in [5, 5.41) is 15.2. The van der Waals surface area contributed by atoms with Gasteiger partial charge in [-0.1, -0.05) is 92.7 Å². The Morgan fingerprint density at radius 3 is 1.98 bits per heavy atom. The molecule has 3 aromatic rings. The number of benzene rings is 3. The number of aliphatic carboxylic acids is 1. The van der Waals surface area contributed by atoms with Crippen molar-refractivity contribution < 1.29 is 29.0 Å². The molecule has 0 spiro atoms. The van der Waals surface area contributed by atoms with Crippen LogP contribution in [0.5, 0.6) is 0 Å². The summed E-state index contributed by atoms with van der Waals surface area (Å²) in [5.41, 5.74) is 3.94. The first-order chi connectivity index (χ1) is 19.3. The molecule has 0 unspecified atom stereocenters. The number of fused-ring (bicyclic) bond motifs is 3. The molecule has 2 atom stereocenters. The number of rotatable bonds is 12. The van der Waals surface area contributed by atoms with E-state index in [1.165, 1.54) is 0 Å². The van der Waals surface area contributed by atoms with E-state index in [-0.39, 0.29) is 32.0 Å². The first-order valence-electron chi connectivity index (χ1n) is 13.6. The second kappa shape index (κ2) is 12.8. The predicted octanol–water partition coefficient (Wildman–Crippen LogP) is 5.26. The lowest BCUT2D eigenvalue weighted by atomic mass is 9.91. The lowest BCUT2D eigenvalue weighted by molar-refractivity contribution is -0.147. The normalized spacial score (nSPS) is 14.0. The molecule has 8 nitrogen and oxygen atoms in total. The minimum Gasteiger partial charge on any atom is -0.480 e. The van der Waals surface area contributed by atoms with Crippen LogP contribution in [0.1, 0.15) is 56.2 Å². The Labute approximate surface area is 234 Å². The van der Waals surface area contributed by atoms with Gasteiger partial charge < -0.3 is 25.2 Å². The van der Waals surface area contributed by atoms with Crippen molar-refractivity contribution in [1.29, 1.82) is 0 Å². The Morgan fingerprint density at radius 2 is 1.43 bits per heavy atom. The van der Waals surface area contributed by atoms with Gasteiger partial charge in [0.25, 0.3) is 0 Å². The maximum absolute atomic E-state index is 13.4. The van der Waals surface area contributed by atoms with Crippen molar-refractivity contribution in [2.45, 2.75) is 63.8 Å². The molecule has 0 saturated heterocycles. The summed E-state index contributed by atoms with van der Waals surface area (Å²) in [6.07, 6.45) is -1.07. The molecule has 210 valence electrons. The van der Waals surface area contributed by atoms with Gasteiger partial charge in [-0.2, -0.15) is 0 Å². The average Bonchev–Trinajstić information content (AvgIpc) is 3.30. The van der Waals surface area contributed by atoms with Gasteiger partial charge in [-0.3, -0.25) is 4.79 Å². The third-order valence-corrected chi connectivity index (χ3v) is 7.70. The van der Waals surface area contributed by atoms with Gasteiger partial charge in [0.2, 0.25) is 5.91 Å². The molecule has 8 heteroatoms. The van der Waals surface area contributed by atoms with Crippen LogP contribution in [0.25, 0.3) is 11.1 Å². The fourth-order valence-corrected chi connectivity index (χ4v) is 5.19. The Balaban J connectivity index is 1.41. The summed E-state index contributed by atoms with van der Waals surface area (Å²) in [7, 11) is 0. The van der Waals surface area contributed by atoms with Crippen molar-refractivity contribution in [3.63, 3.8) is 0 Å². The van der Waals surface area contributed by atoms with Crippen molar-refractivity contribution in [3.8, 4) is 11.1 Å². The monoisotopic (exact) mass is 544 g/mol. The zero-order valence-electron chi connectivity index (χ0n) is 23.1. The van der Waals surface area contributed by atoms with Crippen LogP contribution in [0, 0.1) is 0 Å². The molecule has 40 heavy (non-hydrogen) atoms. The number of ether oxygens (including phenoxy) is 2. The van der Waals surface area contributed by atoms with Gasteiger partial charge in [0.1, 0.15) is 12.1 Å². The van der Waals surface area contributed by atoms with Crippen LogP contribution in [0.3, 0.4) is 0 Å². The number of alkyl carbamates (subject to hydrolysis) is 1. The number of carboxylic acids is 1. The van der Waals surface area contributed by atoms with E-state index in [0.29, 0.717) is 0 Å². The minimum atomic E-state index is -1.35. The Hall–Kier alpha value is -4.17. The highest BCUT2D eigenvalue weighted by Gasteiger charge is 2.41. The van der Waals surface area contributed by atoms with Crippen LogP contribution >= 0.6 is 0 Å². The van der Waals surface area contributed by atoms with E-state index in [0.717, 1.165) is 27.8 Å². The highest BCUT2D eigenvalue weighted by molar-refractivity contribution is 5.93. The van der Waals surface area contributed by atoms with E-state index in [9.17, 15) is 19.5 Å². The summed E-state index contributed by atoms with van der Waals surface area (Å²) in [6.45, 7) is 5.43. The number of carbonyl (C=O) groups is 3. The molecule has 0 radical (unpaired) electrons. The highest BCUT2D eigenvalue weighted by Crippen LogP contribution is 2.44. The number of carbonyl (C=O) groups excluding carboxylic acids is 2. The van der Waals surface area contributed by atoms with Gasteiger partial charge in [0, 0.05) is 5.92 Å². The topological polar surface area (TPSA) is 114 Å². The van der Waals surface area contributed by atoms with E-state index < -0.39 is 35.7 Å². The Bertz CT molecular complexity index is 1290. The lowest BCUT2D eigenvalue weighted by Crippen LogP contribution is -2.62. The van der Waals surface area contributed by atoms with Crippen LogP contribution in [-0.4, -0.2) is 47.4 Å². The first kappa shape index (κ1) is 28.8. The summed E-state index contributed by atoms with van der Waals surface area (Å²) >= 11 is 0. The van der Waals surface area contributed by atoms with Crippen molar-refractivity contribution in [2.24, 2.45) is 0 Å². The van der Waals surface area contributed by atoms with Gasteiger partial charge in [0.15, 0.2) is 6.04 Å². The van der Waals surface area contributed by atoms with Gasteiger partial charge in [-0.05, 0) is 47.6 Å². The molecule has 1 aliphatic carbocycles. The summed E-state index contributed by atoms with van der Waals surface area (Å²) in [4.78, 5) is 38.5. The zero-order chi connectivity index (χ0) is 28.7. The molecule has 1 aliphatic rings. The molecule has 3 aromatic carbocycles. The first-order valence-corrected chi connectivity index (χ1v) is 13.6. The predicted molar refractivity (Wildman–Crippen MR) is 152 cm³/mol. The number of hydrogen-bond donors (Lipinski definition) is 3. The smallest absolute Gasteiger partial charge is 0.408 e. The molecule has 0 heterocycles. The van der Waals surface area contributed by atoms with Crippen molar-refractivity contribution in [3.05, 3.63) is 95.6 Å². The van der Waals surface area contributed by atoms with E-state index in [4.69, 9.17) is 9.47 Å². The fourth-order valence-electron chi connectivity index (χ4n) is 5.19. The summed E-state index contributed by atoms with van der Waals surface area (Å²) in [6, 6.07) is 24.1. The second-order valence-corrected chi connectivity index (χ2v) is 10.0. The molecule has 0 fully saturated rings. The molecule has 0 aromatic heterocycles. The minimum absolute atomic E-state index is 0.104. The molecule has 0 aliphatic heterocycles. The van der Waals surface area contributed by atoms with Crippen molar-refractivity contribution >= 4 is 18.0 Å². The zero-order valence-corrected chi connectivity index (χ0v) is 23.1. The second-order valence-electron chi connectivity index (χ2n) is 10.0. The maximum Gasteiger partial charge on any atom is 0.408 e. The highest BCUT2D eigenvalue weighted by atomic mass is 16.5. The van der Waals surface area contributed by atoms with Crippen molar-refractivity contribution in [1.82, 2.24) is 10.6 Å². The number of hydrogen-bond acceptors (Lipinski definition) is 5. The third kappa shape index (κ3) is 6.18. The average molecular weight is 545 g/mol. The van der Waals surface area contributed by atoms with Gasteiger partial charge in [-0.25, -0.2) is 9.59 Å². The molecule has 0 bridgehead atoms.